The lowest BCUT2D eigenvalue weighted by Crippen LogP contribution is -2.05. The maximum atomic E-state index is 12.1. The number of hydrogen-bond donors (Lipinski definition) is 1. The van der Waals surface area contributed by atoms with Crippen LogP contribution in [0.25, 0.3) is 6.08 Å². The fourth-order valence-corrected chi connectivity index (χ4v) is 2.58. The molecule has 1 aliphatic rings. The molecule has 0 saturated heterocycles. The van der Waals surface area contributed by atoms with Gasteiger partial charge in [-0.15, -0.1) is 0 Å². The summed E-state index contributed by atoms with van der Waals surface area (Å²) in [6.45, 7) is 4.24. The third-order valence-corrected chi connectivity index (χ3v) is 4.02. The number of anilines is 1. The van der Waals surface area contributed by atoms with Crippen LogP contribution in [0.2, 0.25) is 0 Å². The molecule has 0 atom stereocenters. The zero-order chi connectivity index (χ0) is 19.9. The summed E-state index contributed by atoms with van der Waals surface area (Å²) in [5.74, 6) is 0.411. The number of esters is 1. The van der Waals surface area contributed by atoms with Crippen LogP contribution in [0.15, 0.2) is 59.2 Å². The molecule has 3 rings (SSSR count). The summed E-state index contributed by atoms with van der Waals surface area (Å²) < 4.78 is 10.9. The van der Waals surface area contributed by atoms with Gasteiger partial charge in [-0.2, -0.15) is 0 Å². The maximum Gasteiger partial charge on any atom is 0.363 e. The minimum atomic E-state index is -0.496. The molecule has 28 heavy (non-hydrogen) atoms. The number of benzene rings is 2. The Morgan fingerprint density at radius 3 is 2.50 bits per heavy atom. The largest absolute Gasteiger partial charge is 0.494 e. The number of carbonyl (C=O) groups excluding carboxylic acids is 2. The van der Waals surface area contributed by atoms with Gasteiger partial charge in [0.1, 0.15) is 5.75 Å². The zero-order valence-corrected chi connectivity index (χ0v) is 15.9. The molecule has 1 amide bonds. The van der Waals surface area contributed by atoms with Crippen LogP contribution in [0.4, 0.5) is 5.69 Å². The predicted octanol–water partition coefficient (Wildman–Crippen LogP) is 4.17. The van der Waals surface area contributed by atoms with Gasteiger partial charge in [0.05, 0.1) is 6.61 Å². The lowest BCUT2D eigenvalue weighted by atomic mass is 10.1. The van der Waals surface area contributed by atoms with E-state index in [1.54, 1.807) is 30.3 Å². The molecule has 2 aromatic rings. The van der Waals surface area contributed by atoms with Crippen LogP contribution < -0.4 is 10.1 Å². The molecule has 0 radical (unpaired) electrons. The average molecular weight is 378 g/mol. The first kappa shape index (κ1) is 19.4. The third-order valence-electron chi connectivity index (χ3n) is 4.02. The van der Waals surface area contributed by atoms with E-state index in [0.29, 0.717) is 17.9 Å². The molecule has 2 aromatic carbocycles. The van der Waals surface area contributed by atoms with Gasteiger partial charge in [-0.05, 0) is 54.5 Å². The molecule has 0 saturated carbocycles. The van der Waals surface area contributed by atoms with E-state index in [9.17, 15) is 9.59 Å². The van der Waals surface area contributed by atoms with Crippen LogP contribution in [0, 0.1) is 0 Å². The van der Waals surface area contributed by atoms with E-state index in [2.05, 4.69) is 17.2 Å². The molecule has 1 N–H and O–H groups in total. The minimum absolute atomic E-state index is 0.138. The average Bonchev–Trinajstić information content (AvgIpc) is 3.04. The fourth-order valence-electron chi connectivity index (χ4n) is 2.58. The summed E-state index contributed by atoms with van der Waals surface area (Å²) in [6, 6.07) is 14.4. The topological polar surface area (TPSA) is 77.0 Å². The van der Waals surface area contributed by atoms with E-state index < -0.39 is 5.97 Å². The Balaban J connectivity index is 1.71. The quantitative estimate of drug-likeness (QED) is 0.446. The third kappa shape index (κ3) is 5.07. The van der Waals surface area contributed by atoms with Gasteiger partial charge in [-0.1, -0.05) is 25.5 Å². The Morgan fingerprint density at radius 2 is 1.86 bits per heavy atom. The number of nitrogens with one attached hydrogen (secondary N) is 1. The van der Waals surface area contributed by atoms with E-state index in [0.717, 1.165) is 24.2 Å². The highest BCUT2D eigenvalue weighted by molar-refractivity contribution is 6.12. The van der Waals surface area contributed by atoms with Gasteiger partial charge in [-0.25, -0.2) is 9.79 Å². The minimum Gasteiger partial charge on any atom is -0.494 e. The summed E-state index contributed by atoms with van der Waals surface area (Å²) in [7, 11) is 0. The van der Waals surface area contributed by atoms with Crippen LogP contribution in [-0.2, 0) is 14.3 Å². The first-order valence-corrected chi connectivity index (χ1v) is 9.18. The highest BCUT2D eigenvalue weighted by Crippen LogP contribution is 2.21. The highest BCUT2D eigenvalue weighted by atomic mass is 16.6. The SMILES string of the molecule is CCCCOc1ccc(C2=N/C(=C\c3ccc(NC(C)=O)cc3)C(=O)O2)cc1. The Labute approximate surface area is 163 Å². The Kier molecular flexibility index (Phi) is 6.22. The van der Waals surface area contributed by atoms with Crippen LogP contribution in [0.5, 0.6) is 5.75 Å². The summed E-state index contributed by atoms with van der Waals surface area (Å²) >= 11 is 0. The Bertz CT molecular complexity index is 913. The molecular weight excluding hydrogens is 356 g/mol. The van der Waals surface area contributed by atoms with Crippen molar-refractivity contribution in [2.45, 2.75) is 26.7 Å². The fraction of sp³-hybridized carbons (Fsp3) is 0.227. The van der Waals surface area contributed by atoms with Gasteiger partial charge in [0.15, 0.2) is 5.70 Å². The Morgan fingerprint density at radius 1 is 1.14 bits per heavy atom. The van der Waals surface area contributed by atoms with Crippen LogP contribution in [-0.4, -0.2) is 24.4 Å². The van der Waals surface area contributed by atoms with E-state index in [1.165, 1.54) is 6.92 Å². The second kappa shape index (κ2) is 8.99. The highest BCUT2D eigenvalue weighted by Gasteiger charge is 2.24. The number of carbonyl (C=O) groups is 2. The summed E-state index contributed by atoms with van der Waals surface area (Å²) in [5, 5.41) is 2.69. The number of ether oxygens (including phenoxy) is 2. The molecule has 0 bridgehead atoms. The van der Waals surface area contributed by atoms with Gasteiger partial charge >= 0.3 is 5.97 Å². The number of amides is 1. The van der Waals surface area contributed by atoms with E-state index in [-0.39, 0.29) is 17.5 Å². The van der Waals surface area contributed by atoms with Crippen molar-refractivity contribution in [2.75, 3.05) is 11.9 Å². The number of rotatable bonds is 7. The lowest BCUT2D eigenvalue weighted by Gasteiger charge is -2.05. The molecule has 0 spiro atoms. The molecule has 1 heterocycles. The van der Waals surface area contributed by atoms with Crippen molar-refractivity contribution in [3.05, 3.63) is 65.4 Å². The molecule has 0 unspecified atom stereocenters. The van der Waals surface area contributed by atoms with Crippen molar-refractivity contribution >= 4 is 29.5 Å². The number of unbranched alkanes of at least 4 members (excludes halogenated alkanes) is 1. The number of aliphatic imine (C=N–C) groups is 1. The van der Waals surface area contributed by atoms with Gasteiger partial charge in [-0.3, -0.25) is 4.79 Å². The first-order chi connectivity index (χ1) is 13.5. The van der Waals surface area contributed by atoms with Gasteiger partial charge in [0.2, 0.25) is 11.8 Å². The van der Waals surface area contributed by atoms with Gasteiger partial charge < -0.3 is 14.8 Å². The van der Waals surface area contributed by atoms with Crippen molar-refractivity contribution in [1.82, 2.24) is 0 Å². The van der Waals surface area contributed by atoms with E-state index in [4.69, 9.17) is 9.47 Å². The lowest BCUT2D eigenvalue weighted by molar-refractivity contribution is -0.129. The molecule has 144 valence electrons. The van der Waals surface area contributed by atoms with Crippen LogP contribution >= 0.6 is 0 Å². The molecule has 0 fully saturated rings. The maximum absolute atomic E-state index is 12.1. The zero-order valence-electron chi connectivity index (χ0n) is 15.9. The van der Waals surface area contributed by atoms with Crippen molar-refractivity contribution in [3.8, 4) is 5.75 Å². The summed E-state index contributed by atoms with van der Waals surface area (Å²) in [5.41, 5.74) is 2.41. The summed E-state index contributed by atoms with van der Waals surface area (Å²) in [6.07, 6.45) is 3.73. The number of nitrogens with zero attached hydrogens (tertiary/aromatic N) is 1. The van der Waals surface area contributed by atoms with Crippen molar-refractivity contribution in [1.29, 1.82) is 0 Å². The monoisotopic (exact) mass is 378 g/mol. The summed E-state index contributed by atoms with van der Waals surface area (Å²) in [4.78, 5) is 27.5. The second-order valence-electron chi connectivity index (χ2n) is 6.37. The standard InChI is InChI=1S/C22H22N2O4/c1-3-4-13-27-19-11-7-17(8-12-19)21-24-20(22(26)28-21)14-16-5-9-18(10-6-16)23-15(2)25/h5-12,14H,3-4,13H2,1-2H3,(H,23,25)/b20-14-. The molecule has 6 nitrogen and oxygen atoms in total. The van der Waals surface area contributed by atoms with Crippen molar-refractivity contribution in [2.24, 2.45) is 4.99 Å². The van der Waals surface area contributed by atoms with Crippen molar-refractivity contribution in [3.63, 3.8) is 0 Å². The van der Waals surface area contributed by atoms with Crippen LogP contribution in [0.1, 0.15) is 37.8 Å². The number of cyclic esters (lactones) is 1. The molecule has 0 aliphatic carbocycles. The van der Waals surface area contributed by atoms with E-state index >= 15 is 0 Å². The van der Waals surface area contributed by atoms with Crippen molar-refractivity contribution < 1.29 is 19.1 Å². The number of hydrogen-bond acceptors (Lipinski definition) is 5. The predicted molar refractivity (Wildman–Crippen MR) is 108 cm³/mol. The molecule has 1 aliphatic heterocycles. The molecule has 6 heteroatoms. The van der Waals surface area contributed by atoms with Gasteiger partial charge in [0.25, 0.3) is 0 Å². The smallest absolute Gasteiger partial charge is 0.363 e. The first-order valence-electron chi connectivity index (χ1n) is 9.18. The molecular formula is C22H22N2O4. The Hall–Kier alpha value is -3.41. The normalized spacial score (nSPS) is 14.6. The second-order valence-corrected chi connectivity index (χ2v) is 6.37. The van der Waals surface area contributed by atoms with Gasteiger partial charge in [0, 0.05) is 18.2 Å². The van der Waals surface area contributed by atoms with Crippen LogP contribution in [0.3, 0.4) is 0 Å². The van der Waals surface area contributed by atoms with E-state index in [1.807, 2.05) is 24.3 Å². The molecule has 0 aromatic heterocycles.